The summed E-state index contributed by atoms with van der Waals surface area (Å²) in [6.07, 6.45) is 1.40. The lowest BCUT2D eigenvalue weighted by Crippen LogP contribution is -1.90. The highest BCUT2D eigenvalue weighted by Gasteiger charge is 2.02. The summed E-state index contributed by atoms with van der Waals surface area (Å²) in [5, 5.41) is 8.34. The first kappa shape index (κ1) is 4.61. The Balaban J connectivity index is 2.36. The normalized spacial score (nSPS) is 18.7. The highest BCUT2D eigenvalue weighted by Crippen LogP contribution is 2.02. The summed E-state index contributed by atoms with van der Waals surface area (Å²) in [5.41, 5.74) is 0.778. The fourth-order valence-corrected chi connectivity index (χ4v) is 0.329. The van der Waals surface area contributed by atoms with E-state index in [1.54, 1.807) is 0 Å². The smallest absolute Gasteiger partial charge is 0.133 e. The van der Waals surface area contributed by atoms with Crippen LogP contribution < -0.4 is 0 Å². The van der Waals surface area contributed by atoms with E-state index < -0.39 is 0 Å². The summed E-state index contributed by atoms with van der Waals surface area (Å²) in [6, 6.07) is 0. The third-order valence-corrected chi connectivity index (χ3v) is 0.730. The van der Waals surface area contributed by atoms with Crippen LogP contribution in [0.3, 0.4) is 0 Å². The van der Waals surface area contributed by atoms with Crippen molar-refractivity contribution in [2.75, 3.05) is 13.2 Å². The number of rotatable bonds is 1. The molecule has 0 unspecified atom stereocenters. The summed E-state index contributed by atoms with van der Waals surface area (Å²) >= 11 is 0. The Kier molecular flexibility index (Phi) is 1.29. The van der Waals surface area contributed by atoms with Crippen molar-refractivity contribution in [3.8, 4) is 0 Å². The molecule has 1 rings (SSSR count). The van der Waals surface area contributed by atoms with E-state index in [0.29, 0.717) is 6.61 Å². The summed E-state index contributed by atoms with van der Waals surface area (Å²) in [5.74, 6) is 0. The molecule has 0 bridgehead atoms. The molecular formula is C4H6O3. The fraction of sp³-hybridized carbons (Fsp3) is 0.500. The minimum absolute atomic E-state index is 0.0278. The van der Waals surface area contributed by atoms with Crippen molar-refractivity contribution >= 4 is 0 Å². The van der Waals surface area contributed by atoms with E-state index in [1.807, 2.05) is 0 Å². The Hall–Kier alpha value is -0.540. The van der Waals surface area contributed by atoms with Crippen molar-refractivity contribution in [1.82, 2.24) is 0 Å². The Labute approximate surface area is 41.1 Å². The number of aliphatic hydroxyl groups is 1. The summed E-state index contributed by atoms with van der Waals surface area (Å²) in [7, 11) is 0. The SMILES string of the molecule is OCC1=COOC1. The molecule has 0 amide bonds. The molecule has 0 aromatic carbocycles. The highest BCUT2D eigenvalue weighted by atomic mass is 17.2. The Morgan fingerprint density at radius 1 is 1.86 bits per heavy atom. The van der Waals surface area contributed by atoms with Gasteiger partial charge in [-0.2, -0.15) is 4.89 Å². The lowest BCUT2D eigenvalue weighted by atomic mass is 10.3. The van der Waals surface area contributed by atoms with E-state index >= 15 is 0 Å². The summed E-state index contributed by atoms with van der Waals surface area (Å²) in [6.45, 7) is 0.427. The van der Waals surface area contributed by atoms with E-state index in [4.69, 9.17) is 5.11 Å². The molecule has 0 saturated carbocycles. The maximum atomic E-state index is 8.34. The molecular weight excluding hydrogens is 96.0 g/mol. The maximum Gasteiger partial charge on any atom is 0.133 e. The third kappa shape index (κ3) is 0.913. The monoisotopic (exact) mass is 102 g/mol. The van der Waals surface area contributed by atoms with Crippen LogP contribution in [0.4, 0.5) is 0 Å². The molecule has 40 valence electrons. The molecule has 0 aliphatic carbocycles. The molecule has 0 fully saturated rings. The first-order chi connectivity index (χ1) is 3.43. The van der Waals surface area contributed by atoms with Crippen LogP contribution in [0.25, 0.3) is 0 Å². The summed E-state index contributed by atoms with van der Waals surface area (Å²) < 4.78 is 0. The first-order valence-corrected chi connectivity index (χ1v) is 2.00. The van der Waals surface area contributed by atoms with Gasteiger partial charge in [-0.05, 0) is 0 Å². The standard InChI is InChI=1S/C4H6O3/c5-1-4-2-6-7-3-4/h2,5H,1,3H2. The molecule has 3 heteroatoms. The van der Waals surface area contributed by atoms with Gasteiger partial charge in [-0.15, -0.1) is 0 Å². The molecule has 1 aliphatic rings. The molecule has 3 nitrogen and oxygen atoms in total. The molecule has 0 atom stereocenters. The second-order valence-electron chi connectivity index (χ2n) is 1.29. The average molecular weight is 102 g/mol. The van der Waals surface area contributed by atoms with Crippen molar-refractivity contribution in [3.05, 3.63) is 11.8 Å². The molecule has 0 spiro atoms. The predicted molar refractivity (Wildman–Crippen MR) is 22.2 cm³/mol. The lowest BCUT2D eigenvalue weighted by molar-refractivity contribution is -0.222. The van der Waals surface area contributed by atoms with Crippen LogP contribution >= 0.6 is 0 Å². The number of hydrogen-bond acceptors (Lipinski definition) is 3. The van der Waals surface area contributed by atoms with E-state index in [0.717, 1.165) is 5.57 Å². The molecule has 1 N–H and O–H groups in total. The van der Waals surface area contributed by atoms with Gasteiger partial charge < -0.3 is 9.99 Å². The minimum Gasteiger partial charge on any atom is -0.392 e. The van der Waals surface area contributed by atoms with Gasteiger partial charge in [0.1, 0.15) is 12.9 Å². The van der Waals surface area contributed by atoms with Gasteiger partial charge in [0.2, 0.25) is 0 Å². The third-order valence-electron chi connectivity index (χ3n) is 0.730. The van der Waals surface area contributed by atoms with E-state index in [1.165, 1.54) is 6.26 Å². The predicted octanol–water partition coefficient (Wildman–Crippen LogP) is -0.176. The van der Waals surface area contributed by atoms with Gasteiger partial charge >= 0.3 is 0 Å². The topological polar surface area (TPSA) is 38.7 Å². The van der Waals surface area contributed by atoms with Crippen LogP contribution in [0.2, 0.25) is 0 Å². The first-order valence-electron chi connectivity index (χ1n) is 2.00. The van der Waals surface area contributed by atoms with Gasteiger partial charge in [-0.25, -0.2) is 0 Å². The zero-order valence-electron chi connectivity index (χ0n) is 3.76. The van der Waals surface area contributed by atoms with Crippen LogP contribution in [0.1, 0.15) is 0 Å². The Bertz CT molecular complexity index is 86.9. The van der Waals surface area contributed by atoms with Crippen LogP contribution in [-0.2, 0) is 9.78 Å². The second-order valence-corrected chi connectivity index (χ2v) is 1.29. The maximum absolute atomic E-state index is 8.34. The van der Waals surface area contributed by atoms with Gasteiger partial charge in [0.05, 0.1) is 6.61 Å². The Morgan fingerprint density at radius 3 is 3.00 bits per heavy atom. The molecule has 0 aromatic rings. The number of aliphatic hydroxyl groups excluding tert-OH is 1. The van der Waals surface area contributed by atoms with Gasteiger partial charge in [-0.1, -0.05) is 0 Å². The minimum atomic E-state index is 0.0278. The zero-order chi connectivity index (χ0) is 5.11. The van der Waals surface area contributed by atoms with Gasteiger partial charge in [0.25, 0.3) is 0 Å². The molecule has 0 radical (unpaired) electrons. The molecule has 0 aromatic heterocycles. The molecule has 0 saturated heterocycles. The average Bonchev–Trinajstić information content (AvgIpc) is 2.14. The van der Waals surface area contributed by atoms with Crippen molar-refractivity contribution in [2.45, 2.75) is 0 Å². The fourth-order valence-electron chi connectivity index (χ4n) is 0.329. The lowest BCUT2D eigenvalue weighted by Gasteiger charge is -1.84. The molecule has 1 aliphatic heterocycles. The van der Waals surface area contributed by atoms with Gasteiger partial charge in [0, 0.05) is 5.57 Å². The highest BCUT2D eigenvalue weighted by molar-refractivity contribution is 4.99. The van der Waals surface area contributed by atoms with Crippen molar-refractivity contribution in [1.29, 1.82) is 0 Å². The van der Waals surface area contributed by atoms with E-state index in [-0.39, 0.29) is 6.61 Å². The van der Waals surface area contributed by atoms with Crippen LogP contribution in [0, 0.1) is 0 Å². The molecule has 1 heterocycles. The Morgan fingerprint density at radius 2 is 2.71 bits per heavy atom. The largest absolute Gasteiger partial charge is 0.392 e. The van der Waals surface area contributed by atoms with E-state index in [9.17, 15) is 0 Å². The van der Waals surface area contributed by atoms with Crippen LogP contribution in [0.15, 0.2) is 11.8 Å². The van der Waals surface area contributed by atoms with Crippen molar-refractivity contribution < 1.29 is 14.9 Å². The zero-order valence-corrected chi connectivity index (χ0v) is 3.76. The van der Waals surface area contributed by atoms with Crippen LogP contribution in [-0.4, -0.2) is 18.3 Å². The molecule has 7 heavy (non-hydrogen) atoms. The van der Waals surface area contributed by atoms with E-state index in [2.05, 4.69) is 9.78 Å². The second kappa shape index (κ2) is 1.95. The van der Waals surface area contributed by atoms with Gasteiger partial charge in [0.15, 0.2) is 0 Å². The van der Waals surface area contributed by atoms with Crippen LogP contribution in [0.5, 0.6) is 0 Å². The quantitative estimate of drug-likeness (QED) is 0.467. The van der Waals surface area contributed by atoms with Crippen molar-refractivity contribution in [3.63, 3.8) is 0 Å². The van der Waals surface area contributed by atoms with Crippen molar-refractivity contribution in [2.24, 2.45) is 0 Å². The number of hydrogen-bond donors (Lipinski definition) is 1. The van der Waals surface area contributed by atoms with Gasteiger partial charge in [-0.3, -0.25) is 0 Å². The summed E-state index contributed by atoms with van der Waals surface area (Å²) in [4.78, 5) is 8.72.